The fourth-order valence-electron chi connectivity index (χ4n) is 4.65. The van der Waals surface area contributed by atoms with Crippen LogP contribution in [0.3, 0.4) is 0 Å². The molecule has 0 bridgehead atoms. The first kappa shape index (κ1) is 30.8. The minimum atomic E-state index is -1.17. The van der Waals surface area contributed by atoms with Crippen molar-refractivity contribution in [3.05, 3.63) is 94.2 Å². The van der Waals surface area contributed by atoms with Crippen molar-refractivity contribution in [3.63, 3.8) is 0 Å². The van der Waals surface area contributed by atoms with Crippen molar-refractivity contribution in [2.45, 2.75) is 38.4 Å². The number of urea groups is 2. The zero-order valence-corrected chi connectivity index (χ0v) is 24.3. The first-order chi connectivity index (χ1) is 20.0. The number of anilines is 2. The fourth-order valence-corrected chi connectivity index (χ4v) is 5.02. The molecule has 10 nitrogen and oxygen atoms in total. The maximum atomic E-state index is 13.8. The molecule has 0 aliphatic carbocycles. The molecule has 0 saturated carbocycles. The molecule has 0 unspecified atom stereocenters. The number of hydroxylamine groups is 2. The van der Waals surface area contributed by atoms with Gasteiger partial charge in [-0.25, -0.2) is 19.4 Å². The van der Waals surface area contributed by atoms with Gasteiger partial charge in [-0.05, 0) is 74.4 Å². The molecule has 0 spiro atoms. The Morgan fingerprint density at radius 3 is 2.40 bits per heavy atom. The summed E-state index contributed by atoms with van der Waals surface area (Å²) in [7, 11) is 0. The minimum absolute atomic E-state index is 0.0422. The van der Waals surface area contributed by atoms with Crippen LogP contribution in [0.15, 0.2) is 77.9 Å². The number of halogens is 3. The van der Waals surface area contributed by atoms with Crippen LogP contribution in [0, 0.1) is 5.82 Å². The van der Waals surface area contributed by atoms with E-state index in [1.165, 1.54) is 46.3 Å². The second-order valence-electron chi connectivity index (χ2n) is 10.0. The molecular weight excluding hydrogens is 586 g/mol. The Morgan fingerprint density at radius 1 is 1.07 bits per heavy atom. The van der Waals surface area contributed by atoms with Gasteiger partial charge in [-0.2, -0.15) is 10.2 Å². The highest BCUT2D eigenvalue weighted by molar-refractivity contribution is 6.31. The molecule has 1 fully saturated rings. The molecule has 5 amide bonds. The predicted octanol–water partition coefficient (Wildman–Crippen LogP) is 6.33. The van der Waals surface area contributed by atoms with Gasteiger partial charge in [0.2, 0.25) is 5.91 Å². The van der Waals surface area contributed by atoms with Gasteiger partial charge in [0.25, 0.3) is 0 Å². The van der Waals surface area contributed by atoms with Crippen LogP contribution in [0.25, 0.3) is 0 Å². The second kappa shape index (κ2) is 13.2. The summed E-state index contributed by atoms with van der Waals surface area (Å²) in [5.74, 6) is -0.761. The number of hydrogen-bond acceptors (Lipinski definition) is 5. The van der Waals surface area contributed by atoms with Crippen LogP contribution in [0.5, 0.6) is 0 Å². The summed E-state index contributed by atoms with van der Waals surface area (Å²) in [6.45, 7) is 3.56. The average molecular weight is 615 g/mol. The number of carbonyl (C=O) groups is 3. The fraction of sp³-hybridized carbons (Fsp3) is 0.241. The summed E-state index contributed by atoms with van der Waals surface area (Å²) in [5.41, 5.74) is 2.63. The molecule has 3 aromatic carbocycles. The molecular formula is C29H29Cl2FN6O4. The van der Waals surface area contributed by atoms with Crippen LogP contribution in [0.4, 0.5) is 25.4 Å². The van der Waals surface area contributed by atoms with Crippen LogP contribution in [-0.2, 0) is 4.79 Å². The minimum Gasteiger partial charge on any atom is -0.315 e. The van der Waals surface area contributed by atoms with Gasteiger partial charge in [-0.3, -0.25) is 14.9 Å². The lowest BCUT2D eigenvalue weighted by atomic mass is 9.99. The summed E-state index contributed by atoms with van der Waals surface area (Å²) in [6.07, 6.45) is 0.531. The number of hydrogen-bond donors (Lipinski definition) is 3. The number of hydrazone groups is 1. The SMILES string of the molecule is CC1(C)[C@@H](N(O)C(=O)Nc2cccc(Cl)c2)N(c2cccc(Cl)c2)C(=O)N1CCCC(=O)N/N=C\c1ccc(F)cc1. The standard InChI is InChI=1S/C29H29Cl2FN6O4/c1-29(2)26(38(42)27(40)34-23-8-3-6-20(30)16-23)37(24-9-4-7-21(31)17-24)28(41)36(29)15-5-10-25(39)35-33-18-19-11-13-22(32)14-12-19/h3-4,6-9,11-14,16-18,26,42H,5,10,15H2,1-2H3,(H,34,40)(H,35,39)/b33-18-/t26-/m1/s1. The molecule has 1 aliphatic rings. The van der Waals surface area contributed by atoms with Gasteiger partial charge in [-0.15, -0.1) is 0 Å². The average Bonchev–Trinajstić information content (AvgIpc) is 3.14. The molecule has 42 heavy (non-hydrogen) atoms. The summed E-state index contributed by atoms with van der Waals surface area (Å²) in [6, 6.07) is 17.2. The Balaban J connectivity index is 1.48. The van der Waals surface area contributed by atoms with Crippen molar-refractivity contribution in [2.24, 2.45) is 5.10 Å². The zero-order chi connectivity index (χ0) is 30.4. The normalized spacial score (nSPS) is 16.1. The third-order valence-electron chi connectivity index (χ3n) is 6.67. The molecule has 13 heteroatoms. The number of nitrogens with one attached hydrogen (secondary N) is 2. The van der Waals surface area contributed by atoms with E-state index in [0.29, 0.717) is 32.0 Å². The van der Waals surface area contributed by atoms with Gasteiger partial charge in [-0.1, -0.05) is 47.5 Å². The van der Waals surface area contributed by atoms with E-state index < -0.39 is 23.8 Å². The van der Waals surface area contributed by atoms with E-state index in [-0.39, 0.29) is 31.1 Å². The maximum absolute atomic E-state index is 13.8. The number of carbonyl (C=O) groups excluding carboxylic acids is 3. The topological polar surface area (TPSA) is 118 Å². The molecule has 0 radical (unpaired) electrons. The van der Waals surface area contributed by atoms with Crippen LogP contribution < -0.4 is 15.6 Å². The van der Waals surface area contributed by atoms with E-state index in [1.54, 1.807) is 56.3 Å². The Kier molecular flexibility index (Phi) is 9.66. The van der Waals surface area contributed by atoms with E-state index in [1.807, 2.05) is 0 Å². The van der Waals surface area contributed by atoms with Crippen molar-refractivity contribution in [1.29, 1.82) is 0 Å². The van der Waals surface area contributed by atoms with Gasteiger partial charge < -0.3 is 10.2 Å². The van der Waals surface area contributed by atoms with E-state index in [9.17, 15) is 24.0 Å². The Morgan fingerprint density at radius 2 is 1.74 bits per heavy atom. The lowest BCUT2D eigenvalue weighted by Gasteiger charge is -2.38. The maximum Gasteiger partial charge on any atom is 0.347 e. The van der Waals surface area contributed by atoms with E-state index >= 15 is 0 Å². The molecule has 3 aromatic rings. The zero-order valence-electron chi connectivity index (χ0n) is 22.8. The van der Waals surface area contributed by atoms with E-state index in [4.69, 9.17) is 23.2 Å². The third kappa shape index (κ3) is 7.17. The van der Waals surface area contributed by atoms with Gasteiger partial charge in [0.1, 0.15) is 5.82 Å². The van der Waals surface area contributed by atoms with E-state index in [2.05, 4.69) is 15.8 Å². The lowest BCUT2D eigenvalue weighted by Crippen LogP contribution is -2.58. The first-order valence-electron chi connectivity index (χ1n) is 13.0. The monoisotopic (exact) mass is 614 g/mol. The van der Waals surface area contributed by atoms with Crippen molar-refractivity contribution < 1.29 is 24.0 Å². The Hall–Kier alpha value is -4.19. The van der Waals surface area contributed by atoms with Gasteiger partial charge >= 0.3 is 12.1 Å². The van der Waals surface area contributed by atoms with Crippen LogP contribution in [0.1, 0.15) is 32.3 Å². The van der Waals surface area contributed by atoms with Gasteiger partial charge in [0.15, 0.2) is 6.17 Å². The molecule has 1 atom stereocenters. The summed E-state index contributed by atoms with van der Waals surface area (Å²) < 4.78 is 13.0. The molecule has 1 saturated heterocycles. The number of nitrogens with zero attached hydrogens (tertiary/aromatic N) is 4. The molecule has 1 heterocycles. The van der Waals surface area contributed by atoms with Crippen molar-refractivity contribution in [1.82, 2.24) is 15.4 Å². The molecule has 0 aromatic heterocycles. The van der Waals surface area contributed by atoms with Crippen LogP contribution in [0.2, 0.25) is 10.0 Å². The quantitative estimate of drug-likeness (QED) is 0.148. The highest BCUT2D eigenvalue weighted by atomic mass is 35.5. The van der Waals surface area contributed by atoms with Crippen molar-refractivity contribution in [3.8, 4) is 0 Å². The predicted molar refractivity (Wildman–Crippen MR) is 159 cm³/mol. The summed E-state index contributed by atoms with van der Waals surface area (Å²) in [4.78, 5) is 42.0. The van der Waals surface area contributed by atoms with Gasteiger partial charge in [0, 0.05) is 34.4 Å². The number of rotatable bonds is 9. The van der Waals surface area contributed by atoms with Crippen LogP contribution >= 0.6 is 23.2 Å². The first-order valence-corrected chi connectivity index (χ1v) is 13.7. The molecule has 220 valence electrons. The number of benzene rings is 3. The van der Waals surface area contributed by atoms with E-state index in [0.717, 1.165) is 0 Å². The Bertz CT molecular complexity index is 1490. The van der Waals surface area contributed by atoms with Crippen molar-refractivity contribution in [2.75, 3.05) is 16.8 Å². The highest BCUT2D eigenvalue weighted by Gasteiger charge is 2.55. The smallest absolute Gasteiger partial charge is 0.315 e. The van der Waals surface area contributed by atoms with Crippen molar-refractivity contribution >= 4 is 58.8 Å². The molecule has 1 aliphatic heterocycles. The molecule has 3 N–H and O–H groups in total. The lowest BCUT2D eigenvalue weighted by molar-refractivity contribution is -0.121. The second-order valence-corrected chi connectivity index (χ2v) is 10.9. The summed E-state index contributed by atoms with van der Waals surface area (Å²) >= 11 is 12.2. The van der Waals surface area contributed by atoms with Crippen LogP contribution in [-0.4, -0.2) is 57.6 Å². The van der Waals surface area contributed by atoms with Gasteiger partial charge in [0.05, 0.1) is 11.8 Å². The third-order valence-corrected chi connectivity index (χ3v) is 7.14. The Labute approximate surface area is 252 Å². The number of amides is 5. The highest BCUT2D eigenvalue weighted by Crippen LogP contribution is 2.38. The molecule has 4 rings (SSSR count). The summed E-state index contributed by atoms with van der Waals surface area (Å²) in [5, 5.41) is 18.9. The largest absolute Gasteiger partial charge is 0.347 e.